The number of fused-ring (bicyclic) bond motifs is 3. The highest BCUT2D eigenvalue weighted by Crippen LogP contribution is 2.44. The number of halogens is 6. The van der Waals surface area contributed by atoms with Gasteiger partial charge in [-0.15, -0.1) is 0 Å². The maximum absolute atomic E-state index is 14.2. The molecule has 0 N–H and O–H groups in total. The van der Waals surface area contributed by atoms with Crippen LogP contribution in [0.25, 0.3) is 60.9 Å². The van der Waals surface area contributed by atoms with Gasteiger partial charge in [0.05, 0.1) is 39.5 Å². The number of rotatable bonds is 4. The predicted octanol–water partition coefficient (Wildman–Crippen LogP) is 11.1. The van der Waals surface area contributed by atoms with Crippen molar-refractivity contribution in [3.8, 4) is 45.1 Å². The summed E-state index contributed by atoms with van der Waals surface area (Å²) in [5.41, 5.74) is 2.26. The van der Waals surface area contributed by atoms with Crippen molar-refractivity contribution in [3.05, 3.63) is 144 Å². The molecule has 5 aromatic carbocycles. The van der Waals surface area contributed by atoms with Crippen molar-refractivity contribution >= 4 is 21.8 Å². The fourth-order valence-electron chi connectivity index (χ4n) is 6.09. The van der Waals surface area contributed by atoms with E-state index in [0.717, 1.165) is 39.0 Å². The highest BCUT2D eigenvalue weighted by molar-refractivity contribution is 6.11. The lowest BCUT2D eigenvalue weighted by Gasteiger charge is -2.18. The van der Waals surface area contributed by atoms with Crippen molar-refractivity contribution in [1.29, 1.82) is 5.26 Å². The minimum atomic E-state index is -5.04. The Bertz CT molecular complexity index is 2330. The Balaban J connectivity index is 1.56. The smallest absolute Gasteiger partial charge is 0.309 e. The van der Waals surface area contributed by atoms with E-state index in [-0.39, 0.29) is 17.2 Å². The number of nitriles is 1. The molecular formula is C38H21F6N3. The average molecular weight is 634 g/mol. The van der Waals surface area contributed by atoms with Crippen LogP contribution in [0.5, 0.6) is 0 Å². The van der Waals surface area contributed by atoms with E-state index < -0.39 is 23.5 Å². The Morgan fingerprint density at radius 3 is 1.94 bits per heavy atom. The van der Waals surface area contributed by atoms with Gasteiger partial charge in [0, 0.05) is 34.3 Å². The van der Waals surface area contributed by atoms with Gasteiger partial charge in [0.25, 0.3) is 0 Å². The van der Waals surface area contributed by atoms with Crippen LogP contribution >= 0.6 is 0 Å². The monoisotopic (exact) mass is 633 g/mol. The molecule has 0 bridgehead atoms. The van der Waals surface area contributed by atoms with E-state index in [1.54, 1.807) is 42.7 Å². The Kier molecular flexibility index (Phi) is 7.09. The van der Waals surface area contributed by atoms with Gasteiger partial charge in [0.2, 0.25) is 0 Å². The molecule has 0 radical (unpaired) electrons. The molecule has 9 heteroatoms. The van der Waals surface area contributed by atoms with E-state index in [0.29, 0.717) is 28.4 Å². The number of benzene rings is 5. The van der Waals surface area contributed by atoms with Gasteiger partial charge in [-0.3, -0.25) is 4.98 Å². The zero-order valence-corrected chi connectivity index (χ0v) is 24.2. The molecule has 230 valence electrons. The van der Waals surface area contributed by atoms with Crippen LogP contribution in [0.4, 0.5) is 26.3 Å². The van der Waals surface area contributed by atoms with Crippen LogP contribution in [0.2, 0.25) is 0 Å². The highest BCUT2D eigenvalue weighted by Gasteiger charge is 2.38. The van der Waals surface area contributed by atoms with E-state index in [9.17, 15) is 31.6 Å². The lowest BCUT2D eigenvalue weighted by atomic mass is 9.93. The molecule has 7 rings (SSSR count). The summed E-state index contributed by atoms with van der Waals surface area (Å²) in [6.45, 7) is 0. The summed E-state index contributed by atoms with van der Waals surface area (Å²) in [4.78, 5) is 4.09. The Hall–Kier alpha value is -5.88. The number of hydrogen-bond acceptors (Lipinski definition) is 2. The molecule has 0 saturated heterocycles. The van der Waals surface area contributed by atoms with Gasteiger partial charge in [-0.05, 0) is 70.8 Å². The van der Waals surface area contributed by atoms with E-state index in [1.165, 1.54) is 6.07 Å². The van der Waals surface area contributed by atoms with Crippen LogP contribution in [-0.2, 0) is 12.4 Å². The third-order valence-corrected chi connectivity index (χ3v) is 8.21. The second-order valence-electron chi connectivity index (χ2n) is 11.0. The quantitative estimate of drug-likeness (QED) is 0.181. The first-order valence-corrected chi connectivity index (χ1v) is 14.4. The van der Waals surface area contributed by atoms with Crippen LogP contribution < -0.4 is 0 Å². The second-order valence-corrected chi connectivity index (χ2v) is 11.0. The molecular weight excluding hydrogens is 612 g/mol. The summed E-state index contributed by atoms with van der Waals surface area (Å²) < 4.78 is 84.9. The molecule has 0 aliphatic heterocycles. The van der Waals surface area contributed by atoms with Crippen molar-refractivity contribution in [3.63, 3.8) is 0 Å². The molecule has 0 fully saturated rings. The molecule has 2 heterocycles. The van der Waals surface area contributed by atoms with Crippen LogP contribution in [0, 0.1) is 11.3 Å². The zero-order valence-electron chi connectivity index (χ0n) is 24.2. The Labute approximate surface area is 264 Å². The molecule has 47 heavy (non-hydrogen) atoms. The van der Waals surface area contributed by atoms with Gasteiger partial charge in [0.15, 0.2) is 0 Å². The van der Waals surface area contributed by atoms with E-state index in [4.69, 9.17) is 0 Å². The normalized spacial score (nSPS) is 12.0. The maximum atomic E-state index is 14.2. The molecule has 3 nitrogen and oxygen atoms in total. The van der Waals surface area contributed by atoms with Gasteiger partial charge >= 0.3 is 12.4 Å². The van der Waals surface area contributed by atoms with E-state index in [2.05, 4.69) is 11.1 Å². The summed E-state index contributed by atoms with van der Waals surface area (Å²) in [6, 6.07) is 33.0. The number of aromatic nitrogens is 2. The summed E-state index contributed by atoms with van der Waals surface area (Å²) in [7, 11) is 0. The molecule has 0 saturated carbocycles. The first-order chi connectivity index (χ1) is 22.5. The fourth-order valence-corrected chi connectivity index (χ4v) is 6.09. The van der Waals surface area contributed by atoms with Crippen molar-refractivity contribution in [1.82, 2.24) is 9.55 Å². The summed E-state index contributed by atoms with van der Waals surface area (Å²) in [6.07, 6.45) is -6.71. The van der Waals surface area contributed by atoms with Gasteiger partial charge in [-0.2, -0.15) is 31.6 Å². The van der Waals surface area contributed by atoms with Crippen molar-refractivity contribution < 1.29 is 26.3 Å². The molecule has 7 aromatic rings. The largest absolute Gasteiger partial charge is 0.417 e. The number of hydrogen-bond donors (Lipinski definition) is 0. The molecule has 0 spiro atoms. The standard InChI is InChI=1S/C38H21F6N3/c39-37(40,41)27-11-13-28(33(20-27)38(42,43)44)25-10-12-30-29-8-4-5-9-34(29)47(35(30)18-25)36-19-26(22-45)31(24-14-16-46-17-15-24)21-32(36)23-6-2-1-3-7-23/h1-21H. The SMILES string of the molecule is N#Cc1cc(-n2c3ccccc3c3ccc(-c4ccc(C(F)(F)F)cc4C(F)(F)F)cc32)c(-c2ccccc2)cc1-c1ccncc1. The number of pyridine rings is 1. The first kappa shape index (κ1) is 29.8. The highest BCUT2D eigenvalue weighted by atomic mass is 19.4. The van der Waals surface area contributed by atoms with Gasteiger partial charge in [-0.1, -0.05) is 66.7 Å². The van der Waals surface area contributed by atoms with Crippen molar-refractivity contribution in [2.24, 2.45) is 0 Å². The zero-order chi connectivity index (χ0) is 32.9. The van der Waals surface area contributed by atoms with E-state index >= 15 is 0 Å². The Morgan fingerprint density at radius 1 is 0.553 bits per heavy atom. The fraction of sp³-hybridized carbons (Fsp3) is 0.0526. The second kappa shape index (κ2) is 11.2. The molecule has 0 amide bonds. The van der Waals surface area contributed by atoms with Crippen molar-refractivity contribution in [2.75, 3.05) is 0 Å². The van der Waals surface area contributed by atoms with Crippen LogP contribution in [0.15, 0.2) is 128 Å². The van der Waals surface area contributed by atoms with Crippen LogP contribution in [0.1, 0.15) is 16.7 Å². The topological polar surface area (TPSA) is 41.6 Å². The molecule has 0 atom stereocenters. The number of para-hydroxylation sites is 1. The first-order valence-electron chi connectivity index (χ1n) is 14.4. The Morgan fingerprint density at radius 2 is 1.23 bits per heavy atom. The minimum absolute atomic E-state index is 0.0952. The van der Waals surface area contributed by atoms with Crippen LogP contribution in [0.3, 0.4) is 0 Å². The third-order valence-electron chi connectivity index (χ3n) is 8.21. The lowest BCUT2D eigenvalue weighted by molar-refractivity contribution is -0.142. The summed E-state index contributed by atoms with van der Waals surface area (Å²) in [5.74, 6) is 0. The average Bonchev–Trinajstić information content (AvgIpc) is 3.41. The van der Waals surface area contributed by atoms with Crippen molar-refractivity contribution in [2.45, 2.75) is 12.4 Å². The van der Waals surface area contributed by atoms with Gasteiger partial charge in [-0.25, -0.2) is 0 Å². The molecule has 0 aliphatic carbocycles. The maximum Gasteiger partial charge on any atom is 0.417 e. The summed E-state index contributed by atoms with van der Waals surface area (Å²) >= 11 is 0. The minimum Gasteiger partial charge on any atom is -0.309 e. The molecule has 2 aromatic heterocycles. The van der Waals surface area contributed by atoms with E-state index in [1.807, 2.05) is 65.2 Å². The van der Waals surface area contributed by atoms with Crippen LogP contribution in [-0.4, -0.2) is 9.55 Å². The van der Waals surface area contributed by atoms with Gasteiger partial charge < -0.3 is 4.57 Å². The molecule has 0 unspecified atom stereocenters. The molecule has 0 aliphatic rings. The number of alkyl halides is 6. The third kappa shape index (κ3) is 5.28. The summed E-state index contributed by atoms with van der Waals surface area (Å²) in [5, 5.41) is 11.8. The number of nitrogens with zero attached hydrogens (tertiary/aromatic N) is 3. The van der Waals surface area contributed by atoms with Gasteiger partial charge in [0.1, 0.15) is 0 Å². The lowest BCUT2D eigenvalue weighted by Crippen LogP contribution is -2.12. The predicted molar refractivity (Wildman–Crippen MR) is 170 cm³/mol.